The molecule has 0 saturated heterocycles. The summed E-state index contributed by atoms with van der Waals surface area (Å²) in [7, 11) is 0. The molecule has 0 fully saturated rings. The number of hydrogen-bond acceptors (Lipinski definition) is 3. The van der Waals surface area contributed by atoms with Crippen LogP contribution in [0.2, 0.25) is 0 Å². The summed E-state index contributed by atoms with van der Waals surface area (Å²) in [6.45, 7) is 3.71. The normalized spacial score (nSPS) is 12.9. The second kappa shape index (κ2) is 4.66. The molecular formula is C10H14FNOS. The van der Waals surface area contributed by atoms with E-state index in [0.29, 0.717) is 10.6 Å². The number of rotatable bonds is 3. The summed E-state index contributed by atoms with van der Waals surface area (Å²) in [4.78, 5) is 0.540. The highest BCUT2D eigenvalue weighted by Crippen LogP contribution is 2.29. The molecule has 78 valence electrons. The molecule has 1 aromatic rings. The number of benzene rings is 1. The van der Waals surface area contributed by atoms with Crippen LogP contribution in [0.25, 0.3) is 0 Å². The van der Waals surface area contributed by atoms with E-state index in [2.05, 4.69) is 0 Å². The van der Waals surface area contributed by atoms with Crippen molar-refractivity contribution in [3.8, 4) is 0 Å². The van der Waals surface area contributed by atoms with E-state index < -0.39 is 0 Å². The molecule has 4 heteroatoms. The zero-order chi connectivity index (χ0) is 10.7. The minimum Gasteiger partial charge on any atom is -0.398 e. The molecule has 0 bridgehead atoms. The number of nitrogen functional groups attached to an aromatic ring is 1. The topological polar surface area (TPSA) is 46.2 Å². The quantitative estimate of drug-likeness (QED) is 0.600. The van der Waals surface area contributed by atoms with Gasteiger partial charge in [0.1, 0.15) is 5.82 Å². The lowest BCUT2D eigenvalue weighted by molar-refractivity contribution is 0.300. The molecule has 0 aliphatic heterocycles. The standard InChI is InChI=1S/C10H14FNOS/c1-6-3-10(14-7(2)5-13)8(11)4-9(6)12/h3-4,7,13H,5,12H2,1-2H3. The van der Waals surface area contributed by atoms with Crippen LogP contribution in [0.15, 0.2) is 17.0 Å². The van der Waals surface area contributed by atoms with E-state index in [1.807, 2.05) is 13.8 Å². The molecule has 1 atom stereocenters. The monoisotopic (exact) mass is 215 g/mol. The Labute approximate surface area is 87.3 Å². The molecule has 0 aromatic heterocycles. The van der Waals surface area contributed by atoms with E-state index in [1.54, 1.807) is 6.07 Å². The number of hydrogen-bond donors (Lipinski definition) is 2. The Morgan fingerprint density at radius 2 is 2.21 bits per heavy atom. The van der Waals surface area contributed by atoms with Crippen LogP contribution in [0.5, 0.6) is 0 Å². The number of nitrogens with two attached hydrogens (primary N) is 1. The van der Waals surface area contributed by atoms with Crippen LogP contribution in [0.1, 0.15) is 12.5 Å². The van der Waals surface area contributed by atoms with Crippen molar-refractivity contribution in [3.05, 3.63) is 23.5 Å². The molecule has 0 heterocycles. The van der Waals surface area contributed by atoms with Gasteiger partial charge in [0.2, 0.25) is 0 Å². The van der Waals surface area contributed by atoms with Gasteiger partial charge >= 0.3 is 0 Å². The predicted octanol–water partition coefficient (Wildman–Crippen LogP) is 2.19. The Morgan fingerprint density at radius 3 is 2.79 bits per heavy atom. The number of thioether (sulfide) groups is 1. The fraction of sp³-hybridized carbons (Fsp3) is 0.400. The van der Waals surface area contributed by atoms with Crippen LogP contribution in [0, 0.1) is 12.7 Å². The average Bonchev–Trinajstić information content (AvgIpc) is 2.14. The Bertz CT molecular complexity index is 330. The van der Waals surface area contributed by atoms with Crippen molar-refractivity contribution in [3.63, 3.8) is 0 Å². The van der Waals surface area contributed by atoms with E-state index in [4.69, 9.17) is 10.8 Å². The van der Waals surface area contributed by atoms with E-state index in [0.717, 1.165) is 5.56 Å². The van der Waals surface area contributed by atoms with Crippen molar-refractivity contribution in [2.45, 2.75) is 24.0 Å². The van der Waals surface area contributed by atoms with Gasteiger partial charge in [0.25, 0.3) is 0 Å². The third kappa shape index (κ3) is 2.62. The molecule has 3 N–H and O–H groups in total. The van der Waals surface area contributed by atoms with Crippen LogP contribution in [-0.2, 0) is 0 Å². The van der Waals surface area contributed by atoms with Crippen LogP contribution in [0.3, 0.4) is 0 Å². The van der Waals surface area contributed by atoms with Gasteiger partial charge in [-0.1, -0.05) is 6.92 Å². The molecule has 0 amide bonds. The van der Waals surface area contributed by atoms with Crippen molar-refractivity contribution in [2.75, 3.05) is 12.3 Å². The first-order chi connectivity index (χ1) is 6.54. The van der Waals surface area contributed by atoms with Gasteiger partial charge in [0.15, 0.2) is 0 Å². The summed E-state index contributed by atoms with van der Waals surface area (Å²) in [5, 5.41) is 8.84. The van der Waals surface area contributed by atoms with Crippen molar-refractivity contribution < 1.29 is 9.50 Å². The number of aliphatic hydroxyl groups excluding tert-OH is 1. The third-order valence-electron chi connectivity index (χ3n) is 1.91. The van der Waals surface area contributed by atoms with Crippen molar-refractivity contribution in [1.29, 1.82) is 0 Å². The first kappa shape index (κ1) is 11.3. The van der Waals surface area contributed by atoms with E-state index in [9.17, 15) is 4.39 Å². The summed E-state index contributed by atoms with van der Waals surface area (Å²) in [5.74, 6) is -0.321. The smallest absolute Gasteiger partial charge is 0.138 e. The fourth-order valence-corrected chi connectivity index (χ4v) is 1.94. The number of anilines is 1. The van der Waals surface area contributed by atoms with Gasteiger partial charge < -0.3 is 10.8 Å². The minimum absolute atomic E-state index is 0.00692. The number of aryl methyl sites for hydroxylation is 1. The van der Waals surface area contributed by atoms with Crippen molar-refractivity contribution >= 4 is 17.4 Å². The Kier molecular flexibility index (Phi) is 3.77. The lowest BCUT2D eigenvalue weighted by atomic mass is 10.2. The molecule has 1 aromatic carbocycles. The Morgan fingerprint density at radius 1 is 1.57 bits per heavy atom. The molecule has 0 spiro atoms. The summed E-state index contributed by atoms with van der Waals surface area (Å²) in [5.41, 5.74) is 6.88. The molecule has 2 nitrogen and oxygen atoms in total. The average molecular weight is 215 g/mol. The van der Waals surface area contributed by atoms with Gasteiger partial charge in [-0.2, -0.15) is 0 Å². The molecule has 1 rings (SSSR count). The fourth-order valence-electron chi connectivity index (χ4n) is 1.01. The lowest BCUT2D eigenvalue weighted by Crippen LogP contribution is -2.03. The molecule has 0 aliphatic rings. The van der Waals surface area contributed by atoms with E-state index in [1.165, 1.54) is 17.8 Å². The van der Waals surface area contributed by atoms with E-state index >= 15 is 0 Å². The Balaban J connectivity index is 2.92. The Hall–Kier alpha value is -0.740. The second-order valence-electron chi connectivity index (χ2n) is 3.25. The molecule has 14 heavy (non-hydrogen) atoms. The van der Waals surface area contributed by atoms with Crippen LogP contribution in [-0.4, -0.2) is 17.0 Å². The summed E-state index contributed by atoms with van der Waals surface area (Å²) >= 11 is 1.31. The zero-order valence-electron chi connectivity index (χ0n) is 8.25. The lowest BCUT2D eigenvalue weighted by Gasteiger charge is -2.10. The summed E-state index contributed by atoms with van der Waals surface area (Å²) in [6.07, 6.45) is 0. The summed E-state index contributed by atoms with van der Waals surface area (Å²) in [6, 6.07) is 3.03. The van der Waals surface area contributed by atoms with Gasteiger partial charge in [-0.25, -0.2) is 4.39 Å². The van der Waals surface area contributed by atoms with Crippen LogP contribution < -0.4 is 5.73 Å². The van der Waals surface area contributed by atoms with Gasteiger partial charge in [-0.05, 0) is 24.6 Å². The maximum Gasteiger partial charge on any atom is 0.138 e. The zero-order valence-corrected chi connectivity index (χ0v) is 9.07. The van der Waals surface area contributed by atoms with Gasteiger partial charge in [-0.15, -0.1) is 11.8 Å². The van der Waals surface area contributed by atoms with Crippen molar-refractivity contribution in [1.82, 2.24) is 0 Å². The first-order valence-electron chi connectivity index (χ1n) is 4.37. The van der Waals surface area contributed by atoms with Crippen LogP contribution in [0.4, 0.5) is 10.1 Å². The molecule has 0 radical (unpaired) electrons. The molecule has 0 saturated carbocycles. The third-order valence-corrected chi connectivity index (χ3v) is 3.02. The SMILES string of the molecule is Cc1cc(SC(C)CO)c(F)cc1N. The largest absolute Gasteiger partial charge is 0.398 e. The number of aliphatic hydroxyl groups is 1. The minimum atomic E-state index is -0.321. The maximum absolute atomic E-state index is 13.3. The van der Waals surface area contributed by atoms with Crippen molar-refractivity contribution in [2.24, 2.45) is 0 Å². The van der Waals surface area contributed by atoms with Crippen LogP contribution >= 0.6 is 11.8 Å². The van der Waals surface area contributed by atoms with Gasteiger partial charge in [0, 0.05) is 15.8 Å². The summed E-state index contributed by atoms with van der Waals surface area (Å²) < 4.78 is 13.3. The maximum atomic E-state index is 13.3. The highest BCUT2D eigenvalue weighted by atomic mass is 32.2. The highest BCUT2D eigenvalue weighted by Gasteiger charge is 2.09. The van der Waals surface area contributed by atoms with Gasteiger partial charge in [-0.3, -0.25) is 0 Å². The molecular weight excluding hydrogens is 201 g/mol. The first-order valence-corrected chi connectivity index (χ1v) is 5.25. The molecule has 0 aliphatic carbocycles. The highest BCUT2D eigenvalue weighted by molar-refractivity contribution is 8.00. The van der Waals surface area contributed by atoms with E-state index in [-0.39, 0.29) is 17.7 Å². The number of halogens is 1. The van der Waals surface area contributed by atoms with Gasteiger partial charge in [0.05, 0.1) is 6.61 Å². The predicted molar refractivity (Wildman–Crippen MR) is 58.0 cm³/mol. The second-order valence-corrected chi connectivity index (χ2v) is 4.73. The molecule has 1 unspecified atom stereocenters.